The van der Waals surface area contributed by atoms with Crippen molar-refractivity contribution in [3.05, 3.63) is 76.6 Å². The summed E-state index contributed by atoms with van der Waals surface area (Å²) < 4.78 is 5.58. The highest BCUT2D eigenvalue weighted by atomic mass is 16.6. The molecule has 0 aliphatic rings. The number of amides is 1. The molecule has 28 heavy (non-hydrogen) atoms. The van der Waals surface area contributed by atoms with E-state index in [1.807, 2.05) is 30.3 Å². The molecule has 0 radical (unpaired) electrons. The molecule has 0 spiro atoms. The molecule has 3 rings (SSSR count). The third kappa shape index (κ3) is 4.79. The van der Waals surface area contributed by atoms with E-state index < -0.39 is 4.92 Å². The van der Waals surface area contributed by atoms with Crippen LogP contribution in [0.5, 0.6) is 11.6 Å². The van der Waals surface area contributed by atoms with E-state index in [1.54, 1.807) is 24.3 Å². The van der Waals surface area contributed by atoms with Gasteiger partial charge >= 0.3 is 11.6 Å². The molecule has 0 saturated heterocycles. The number of benzene rings is 2. The van der Waals surface area contributed by atoms with Gasteiger partial charge in [0, 0.05) is 19.2 Å². The lowest BCUT2D eigenvalue weighted by Gasteiger charge is -2.10. The molecule has 0 bridgehead atoms. The number of hydrogen-bond donors (Lipinski definition) is 2. The Kier molecular flexibility index (Phi) is 5.75. The standard InChI is InChI=1S/C19H17N5O4/c1-13(25)23-15-7-9-16(10-8-15)28-19-17(24(26)27)18(21-12-22-19)20-11-14-5-3-2-4-6-14/h2-10,12H,11H2,1H3,(H,23,25)(H,20,21,22). The largest absolute Gasteiger partial charge is 0.434 e. The number of hydrogen-bond acceptors (Lipinski definition) is 7. The zero-order chi connectivity index (χ0) is 19.9. The van der Waals surface area contributed by atoms with Crippen LogP contribution in [-0.2, 0) is 11.3 Å². The molecule has 1 aromatic heterocycles. The molecule has 0 atom stereocenters. The number of nitrogens with one attached hydrogen (secondary N) is 2. The van der Waals surface area contributed by atoms with Gasteiger partial charge in [0.2, 0.25) is 11.7 Å². The number of nitrogens with zero attached hydrogens (tertiary/aromatic N) is 3. The summed E-state index contributed by atoms with van der Waals surface area (Å²) in [4.78, 5) is 29.9. The van der Waals surface area contributed by atoms with E-state index in [-0.39, 0.29) is 23.3 Å². The molecule has 0 saturated carbocycles. The first-order valence-corrected chi connectivity index (χ1v) is 8.35. The highest BCUT2D eigenvalue weighted by Crippen LogP contribution is 2.34. The van der Waals surface area contributed by atoms with Gasteiger partial charge in [-0.15, -0.1) is 0 Å². The molecule has 2 N–H and O–H groups in total. The first-order chi connectivity index (χ1) is 13.5. The van der Waals surface area contributed by atoms with E-state index in [0.717, 1.165) is 5.56 Å². The Balaban J connectivity index is 1.80. The molecular weight excluding hydrogens is 362 g/mol. The number of carbonyl (C=O) groups is 1. The van der Waals surface area contributed by atoms with Crippen LogP contribution in [-0.4, -0.2) is 20.8 Å². The Morgan fingerprint density at radius 1 is 1.11 bits per heavy atom. The van der Waals surface area contributed by atoms with Crippen LogP contribution in [0.25, 0.3) is 0 Å². The second-order valence-corrected chi connectivity index (χ2v) is 5.78. The molecule has 2 aromatic carbocycles. The monoisotopic (exact) mass is 379 g/mol. The van der Waals surface area contributed by atoms with Gasteiger partial charge in [-0.05, 0) is 29.8 Å². The van der Waals surface area contributed by atoms with Crippen molar-refractivity contribution >= 4 is 23.1 Å². The minimum absolute atomic E-state index is 0.0636. The number of aromatic nitrogens is 2. The Bertz CT molecular complexity index is 977. The van der Waals surface area contributed by atoms with Crippen LogP contribution >= 0.6 is 0 Å². The normalized spacial score (nSPS) is 10.2. The average Bonchev–Trinajstić information content (AvgIpc) is 2.68. The van der Waals surface area contributed by atoms with Gasteiger partial charge in [0.1, 0.15) is 12.1 Å². The predicted octanol–water partition coefficient (Wildman–Crippen LogP) is 3.75. The minimum Gasteiger partial charge on any atom is -0.434 e. The second-order valence-electron chi connectivity index (χ2n) is 5.78. The summed E-state index contributed by atoms with van der Waals surface area (Å²) in [5.41, 5.74) is 1.18. The molecule has 0 fully saturated rings. The second kappa shape index (κ2) is 8.58. The molecule has 1 amide bonds. The smallest absolute Gasteiger partial charge is 0.373 e. The van der Waals surface area contributed by atoms with Crippen LogP contribution in [0.4, 0.5) is 17.2 Å². The zero-order valence-corrected chi connectivity index (χ0v) is 15.0. The van der Waals surface area contributed by atoms with Gasteiger partial charge in [0.05, 0.1) is 4.92 Å². The topological polar surface area (TPSA) is 119 Å². The number of ether oxygens (including phenoxy) is 1. The maximum atomic E-state index is 11.6. The number of nitro groups is 1. The lowest BCUT2D eigenvalue weighted by atomic mass is 10.2. The fraction of sp³-hybridized carbons (Fsp3) is 0.105. The van der Waals surface area contributed by atoms with E-state index in [0.29, 0.717) is 18.0 Å². The summed E-state index contributed by atoms with van der Waals surface area (Å²) >= 11 is 0. The van der Waals surface area contributed by atoms with Gasteiger partial charge in [0.15, 0.2) is 0 Å². The lowest BCUT2D eigenvalue weighted by molar-refractivity contribution is -0.385. The molecule has 0 unspecified atom stereocenters. The van der Waals surface area contributed by atoms with E-state index in [1.165, 1.54) is 13.3 Å². The Hall–Kier alpha value is -4.01. The maximum Gasteiger partial charge on any atom is 0.373 e. The predicted molar refractivity (Wildman–Crippen MR) is 103 cm³/mol. The summed E-state index contributed by atoms with van der Waals surface area (Å²) in [6.07, 6.45) is 1.20. The van der Waals surface area contributed by atoms with Crippen molar-refractivity contribution in [1.29, 1.82) is 0 Å². The van der Waals surface area contributed by atoms with Crippen molar-refractivity contribution in [3.63, 3.8) is 0 Å². The summed E-state index contributed by atoms with van der Waals surface area (Å²) in [6.45, 7) is 1.77. The third-order valence-corrected chi connectivity index (χ3v) is 3.66. The molecule has 9 heteroatoms. The zero-order valence-electron chi connectivity index (χ0n) is 15.0. The molecule has 3 aromatic rings. The number of rotatable bonds is 7. The van der Waals surface area contributed by atoms with Crippen molar-refractivity contribution in [3.8, 4) is 11.6 Å². The molecular formula is C19H17N5O4. The first-order valence-electron chi connectivity index (χ1n) is 8.35. The average molecular weight is 379 g/mol. The van der Waals surface area contributed by atoms with Gasteiger partial charge in [-0.25, -0.2) is 4.98 Å². The van der Waals surface area contributed by atoms with Gasteiger partial charge in [-0.3, -0.25) is 14.9 Å². The van der Waals surface area contributed by atoms with Crippen molar-refractivity contribution in [2.75, 3.05) is 10.6 Å². The summed E-state index contributed by atoms with van der Waals surface area (Å²) in [5.74, 6) is 0.0238. The first kappa shape index (κ1) is 18.8. The van der Waals surface area contributed by atoms with E-state index in [2.05, 4.69) is 20.6 Å². The Morgan fingerprint density at radius 2 is 1.82 bits per heavy atom. The van der Waals surface area contributed by atoms with Gasteiger partial charge in [0.25, 0.3) is 0 Å². The Morgan fingerprint density at radius 3 is 2.46 bits per heavy atom. The van der Waals surface area contributed by atoms with E-state index >= 15 is 0 Å². The number of anilines is 2. The Labute approximate surface area is 160 Å². The van der Waals surface area contributed by atoms with Crippen LogP contribution in [0, 0.1) is 10.1 Å². The third-order valence-electron chi connectivity index (χ3n) is 3.66. The highest BCUT2D eigenvalue weighted by Gasteiger charge is 2.25. The van der Waals surface area contributed by atoms with Gasteiger partial charge < -0.3 is 15.4 Å². The van der Waals surface area contributed by atoms with Crippen LogP contribution in [0.2, 0.25) is 0 Å². The van der Waals surface area contributed by atoms with Crippen LogP contribution in [0.3, 0.4) is 0 Å². The molecule has 9 nitrogen and oxygen atoms in total. The van der Waals surface area contributed by atoms with Crippen LogP contribution in [0.15, 0.2) is 60.9 Å². The summed E-state index contributed by atoms with van der Waals surface area (Å²) in [7, 11) is 0. The van der Waals surface area contributed by atoms with Crippen LogP contribution in [0.1, 0.15) is 12.5 Å². The molecule has 0 aliphatic carbocycles. The van der Waals surface area contributed by atoms with Crippen molar-refractivity contribution in [1.82, 2.24) is 9.97 Å². The van der Waals surface area contributed by atoms with Gasteiger partial charge in [-0.2, -0.15) is 4.98 Å². The summed E-state index contributed by atoms with van der Waals surface area (Å²) in [5, 5.41) is 17.2. The van der Waals surface area contributed by atoms with E-state index in [9.17, 15) is 14.9 Å². The quantitative estimate of drug-likeness (QED) is 0.474. The summed E-state index contributed by atoms with van der Waals surface area (Å²) in [6, 6.07) is 15.8. The fourth-order valence-electron chi connectivity index (χ4n) is 2.43. The highest BCUT2D eigenvalue weighted by molar-refractivity contribution is 5.88. The molecule has 1 heterocycles. The number of carbonyl (C=O) groups excluding carboxylic acids is 1. The minimum atomic E-state index is -0.589. The van der Waals surface area contributed by atoms with E-state index in [4.69, 9.17) is 4.74 Å². The lowest BCUT2D eigenvalue weighted by Crippen LogP contribution is -2.07. The molecule has 0 aliphatic heterocycles. The fourth-order valence-corrected chi connectivity index (χ4v) is 2.43. The van der Waals surface area contributed by atoms with Gasteiger partial charge in [-0.1, -0.05) is 30.3 Å². The van der Waals surface area contributed by atoms with Crippen molar-refractivity contribution in [2.45, 2.75) is 13.5 Å². The van der Waals surface area contributed by atoms with Crippen molar-refractivity contribution in [2.24, 2.45) is 0 Å². The van der Waals surface area contributed by atoms with Crippen LogP contribution < -0.4 is 15.4 Å². The van der Waals surface area contributed by atoms with Crippen molar-refractivity contribution < 1.29 is 14.5 Å². The maximum absolute atomic E-state index is 11.6. The SMILES string of the molecule is CC(=O)Nc1ccc(Oc2ncnc(NCc3ccccc3)c2[N+](=O)[O-])cc1. The molecule has 142 valence electrons.